The van der Waals surface area contributed by atoms with Gasteiger partial charge in [0.25, 0.3) is 0 Å². The highest BCUT2D eigenvalue weighted by Gasteiger charge is 2.45. The molecule has 18 heavy (non-hydrogen) atoms. The van der Waals surface area contributed by atoms with Crippen molar-refractivity contribution in [2.75, 3.05) is 26.7 Å². The standard InChI is InChI=1S/C15H18N2O/c1-17-6-3-15(4-7-17)10-18-14-9-13-11(2-5-16-13)8-12(14)15/h2,5,9H,3-4,6-8,10H2,1H3. The number of allylic oxidation sites excluding steroid dienone is 3. The first kappa shape index (κ1) is 10.6. The predicted octanol–water partition coefficient (Wildman–Crippen LogP) is 2.28. The van der Waals surface area contributed by atoms with Gasteiger partial charge in [-0.25, -0.2) is 0 Å². The smallest absolute Gasteiger partial charge is 0.121 e. The Bertz CT molecular complexity index is 517. The molecule has 0 unspecified atom stereocenters. The maximum Gasteiger partial charge on any atom is 0.121 e. The summed E-state index contributed by atoms with van der Waals surface area (Å²) in [6.07, 6.45) is 9.71. The molecule has 0 aromatic carbocycles. The Balaban J connectivity index is 1.70. The molecular formula is C15H18N2O. The van der Waals surface area contributed by atoms with Gasteiger partial charge in [0.1, 0.15) is 5.76 Å². The van der Waals surface area contributed by atoms with Crippen LogP contribution in [0.15, 0.2) is 39.7 Å². The van der Waals surface area contributed by atoms with Gasteiger partial charge in [-0.2, -0.15) is 0 Å². The molecule has 1 saturated heterocycles. The SMILES string of the molecule is CN1CCC2(CC1)COC1=C2CC2=CC=NC2=C1. The summed E-state index contributed by atoms with van der Waals surface area (Å²) < 4.78 is 5.98. The Morgan fingerprint density at radius 1 is 1.33 bits per heavy atom. The third-order valence-corrected chi connectivity index (χ3v) is 4.84. The number of likely N-dealkylation sites (tertiary alicyclic amines) is 1. The Kier molecular flexibility index (Phi) is 2.10. The van der Waals surface area contributed by atoms with Crippen molar-refractivity contribution in [2.45, 2.75) is 19.3 Å². The summed E-state index contributed by atoms with van der Waals surface area (Å²) in [5, 5.41) is 0. The van der Waals surface area contributed by atoms with Crippen LogP contribution in [-0.2, 0) is 4.74 Å². The molecule has 4 aliphatic rings. The van der Waals surface area contributed by atoms with Crippen molar-refractivity contribution < 1.29 is 4.74 Å². The fraction of sp³-hybridized carbons (Fsp3) is 0.533. The summed E-state index contributed by atoms with van der Waals surface area (Å²) in [5.74, 6) is 1.12. The predicted molar refractivity (Wildman–Crippen MR) is 71.4 cm³/mol. The van der Waals surface area contributed by atoms with E-state index in [0.717, 1.165) is 24.5 Å². The number of aliphatic imine (C=N–C) groups is 1. The molecule has 3 nitrogen and oxygen atoms in total. The van der Waals surface area contributed by atoms with Crippen LogP contribution in [0, 0.1) is 5.41 Å². The van der Waals surface area contributed by atoms with Crippen molar-refractivity contribution >= 4 is 6.21 Å². The molecule has 0 amide bonds. The molecular weight excluding hydrogens is 224 g/mol. The summed E-state index contributed by atoms with van der Waals surface area (Å²) in [6, 6.07) is 0. The van der Waals surface area contributed by atoms with E-state index in [9.17, 15) is 0 Å². The highest BCUT2D eigenvalue weighted by atomic mass is 16.5. The fourth-order valence-electron chi connectivity index (χ4n) is 3.52. The third kappa shape index (κ3) is 1.37. The van der Waals surface area contributed by atoms with Crippen molar-refractivity contribution in [3.63, 3.8) is 0 Å². The molecule has 0 aromatic heterocycles. The van der Waals surface area contributed by atoms with Crippen LogP contribution in [-0.4, -0.2) is 37.9 Å². The molecule has 1 aliphatic carbocycles. The van der Waals surface area contributed by atoms with Crippen molar-refractivity contribution in [3.05, 3.63) is 34.8 Å². The Labute approximate surface area is 108 Å². The molecule has 0 saturated carbocycles. The van der Waals surface area contributed by atoms with Crippen LogP contribution in [0.2, 0.25) is 0 Å². The molecule has 3 heterocycles. The second kappa shape index (κ2) is 3.58. The number of fused-ring (bicyclic) bond motifs is 2. The third-order valence-electron chi connectivity index (χ3n) is 4.84. The summed E-state index contributed by atoms with van der Waals surface area (Å²) >= 11 is 0. The van der Waals surface area contributed by atoms with Crippen molar-refractivity contribution in [1.82, 2.24) is 4.90 Å². The minimum absolute atomic E-state index is 0.313. The van der Waals surface area contributed by atoms with Crippen LogP contribution in [0.4, 0.5) is 0 Å². The van der Waals surface area contributed by atoms with Crippen LogP contribution in [0.1, 0.15) is 19.3 Å². The summed E-state index contributed by atoms with van der Waals surface area (Å²) in [5.41, 5.74) is 4.33. The lowest BCUT2D eigenvalue weighted by atomic mass is 9.70. The van der Waals surface area contributed by atoms with E-state index >= 15 is 0 Å². The molecule has 3 aliphatic heterocycles. The van der Waals surface area contributed by atoms with Gasteiger partial charge in [0.05, 0.1) is 12.3 Å². The van der Waals surface area contributed by atoms with Crippen LogP contribution >= 0.6 is 0 Å². The topological polar surface area (TPSA) is 24.8 Å². The van der Waals surface area contributed by atoms with Gasteiger partial charge < -0.3 is 9.64 Å². The molecule has 0 atom stereocenters. The number of piperidine rings is 1. The Morgan fingerprint density at radius 2 is 2.17 bits per heavy atom. The Hall–Kier alpha value is -1.35. The summed E-state index contributed by atoms with van der Waals surface area (Å²) in [4.78, 5) is 6.81. The molecule has 3 heteroatoms. The van der Waals surface area contributed by atoms with Crippen LogP contribution in [0.3, 0.4) is 0 Å². The first-order valence-corrected chi connectivity index (χ1v) is 6.77. The lowest BCUT2D eigenvalue weighted by molar-refractivity contribution is 0.0988. The molecule has 0 radical (unpaired) electrons. The molecule has 0 bridgehead atoms. The number of nitrogens with zero attached hydrogens (tertiary/aromatic N) is 2. The van der Waals surface area contributed by atoms with Gasteiger partial charge in [0.2, 0.25) is 0 Å². The largest absolute Gasteiger partial charge is 0.493 e. The number of rotatable bonds is 0. The maximum atomic E-state index is 5.98. The monoisotopic (exact) mass is 242 g/mol. The summed E-state index contributed by atoms with van der Waals surface area (Å²) in [7, 11) is 2.21. The van der Waals surface area contributed by atoms with Gasteiger partial charge in [-0.3, -0.25) is 4.99 Å². The van der Waals surface area contributed by atoms with Gasteiger partial charge in [-0.15, -0.1) is 0 Å². The van der Waals surface area contributed by atoms with E-state index in [1.54, 1.807) is 0 Å². The molecule has 0 N–H and O–H groups in total. The van der Waals surface area contributed by atoms with E-state index in [2.05, 4.69) is 29.1 Å². The second-order valence-corrected chi connectivity index (χ2v) is 5.89. The lowest BCUT2D eigenvalue weighted by Gasteiger charge is -2.38. The van der Waals surface area contributed by atoms with E-state index in [-0.39, 0.29) is 0 Å². The molecule has 1 fully saturated rings. The van der Waals surface area contributed by atoms with Gasteiger partial charge in [-0.05, 0) is 50.2 Å². The van der Waals surface area contributed by atoms with Crippen molar-refractivity contribution in [3.8, 4) is 0 Å². The summed E-state index contributed by atoms with van der Waals surface area (Å²) in [6.45, 7) is 3.25. The first-order chi connectivity index (χ1) is 8.77. The highest BCUT2D eigenvalue weighted by Crippen LogP contribution is 2.51. The lowest BCUT2D eigenvalue weighted by Crippen LogP contribution is -2.40. The first-order valence-electron chi connectivity index (χ1n) is 6.77. The van der Waals surface area contributed by atoms with E-state index in [4.69, 9.17) is 4.74 Å². The van der Waals surface area contributed by atoms with Crippen LogP contribution < -0.4 is 0 Å². The zero-order chi connectivity index (χ0) is 12.2. The quantitative estimate of drug-likeness (QED) is 0.651. The minimum atomic E-state index is 0.313. The number of ether oxygens (including phenoxy) is 1. The van der Waals surface area contributed by atoms with Gasteiger partial charge in [0.15, 0.2) is 0 Å². The fourth-order valence-corrected chi connectivity index (χ4v) is 3.52. The van der Waals surface area contributed by atoms with E-state index in [0.29, 0.717) is 5.41 Å². The van der Waals surface area contributed by atoms with Gasteiger partial charge >= 0.3 is 0 Å². The number of hydrogen-bond donors (Lipinski definition) is 0. The zero-order valence-corrected chi connectivity index (χ0v) is 10.8. The molecule has 1 spiro atoms. The van der Waals surface area contributed by atoms with Crippen LogP contribution in [0.5, 0.6) is 0 Å². The molecule has 94 valence electrons. The van der Waals surface area contributed by atoms with E-state index in [1.165, 1.54) is 37.1 Å². The van der Waals surface area contributed by atoms with Crippen molar-refractivity contribution in [1.29, 1.82) is 0 Å². The number of hydrogen-bond acceptors (Lipinski definition) is 3. The average molecular weight is 242 g/mol. The Morgan fingerprint density at radius 3 is 3.00 bits per heavy atom. The highest BCUT2D eigenvalue weighted by molar-refractivity contribution is 5.80. The minimum Gasteiger partial charge on any atom is -0.493 e. The zero-order valence-electron chi connectivity index (χ0n) is 10.8. The maximum absolute atomic E-state index is 5.98. The van der Waals surface area contributed by atoms with Crippen molar-refractivity contribution in [2.24, 2.45) is 10.4 Å². The van der Waals surface area contributed by atoms with E-state index in [1.807, 2.05) is 6.21 Å². The molecule has 4 rings (SSSR count). The normalized spacial score (nSPS) is 28.9. The second-order valence-electron chi connectivity index (χ2n) is 5.89. The van der Waals surface area contributed by atoms with Gasteiger partial charge in [-0.1, -0.05) is 0 Å². The van der Waals surface area contributed by atoms with E-state index < -0.39 is 0 Å². The van der Waals surface area contributed by atoms with Gasteiger partial charge in [0, 0.05) is 24.1 Å². The molecule has 0 aromatic rings. The van der Waals surface area contributed by atoms with Crippen LogP contribution in [0.25, 0.3) is 0 Å². The average Bonchev–Trinajstić information content (AvgIpc) is 2.96.